The minimum absolute atomic E-state index is 0.276. The molecule has 0 bridgehead atoms. The van der Waals surface area contributed by atoms with Gasteiger partial charge in [-0.2, -0.15) is 0 Å². The lowest BCUT2D eigenvalue weighted by molar-refractivity contribution is 0.0609. The first-order chi connectivity index (χ1) is 14.8. The van der Waals surface area contributed by atoms with Crippen molar-refractivity contribution < 1.29 is 15.3 Å². The molecule has 0 radical (unpaired) electrons. The summed E-state index contributed by atoms with van der Waals surface area (Å²) in [4.78, 5) is 0. The molecule has 31 heavy (non-hydrogen) atoms. The lowest BCUT2D eigenvalue weighted by Crippen LogP contribution is -2.35. The van der Waals surface area contributed by atoms with Crippen LogP contribution < -0.4 is 0 Å². The predicted molar refractivity (Wildman–Crippen MR) is 124 cm³/mol. The normalized spacial score (nSPS) is 35.2. The lowest BCUT2D eigenvalue weighted by atomic mass is 9.61. The molecule has 0 amide bonds. The van der Waals surface area contributed by atoms with Gasteiger partial charge in [0.25, 0.3) is 0 Å². The maximum Gasteiger partial charge on any atom is 0.115 e. The summed E-state index contributed by atoms with van der Waals surface area (Å²) in [6.45, 7) is 4.75. The van der Waals surface area contributed by atoms with Crippen molar-refractivity contribution in [3.63, 3.8) is 0 Å². The van der Waals surface area contributed by atoms with Crippen molar-refractivity contribution in [2.45, 2.75) is 77.4 Å². The van der Waals surface area contributed by atoms with Crippen LogP contribution in [0.25, 0.3) is 0 Å². The largest absolute Gasteiger partial charge is 0.508 e. The molecular weight excluding hydrogens is 384 g/mol. The number of rotatable bonds is 2. The lowest BCUT2D eigenvalue weighted by Gasteiger charge is -2.43. The van der Waals surface area contributed by atoms with Gasteiger partial charge in [0.15, 0.2) is 0 Å². The third-order valence-corrected chi connectivity index (χ3v) is 8.03. The first kappa shape index (κ1) is 22.2. The zero-order chi connectivity index (χ0) is 22.0. The minimum atomic E-state index is -0.408. The summed E-state index contributed by atoms with van der Waals surface area (Å²) in [5.41, 5.74) is 3.97. The van der Waals surface area contributed by atoms with Crippen LogP contribution in [0.15, 0.2) is 47.6 Å². The number of phenols is 1. The van der Waals surface area contributed by atoms with E-state index in [1.54, 1.807) is 17.7 Å². The summed E-state index contributed by atoms with van der Waals surface area (Å²) in [6, 6.07) is 7.14. The van der Waals surface area contributed by atoms with Gasteiger partial charge < -0.3 is 15.3 Å². The summed E-state index contributed by atoms with van der Waals surface area (Å²) >= 11 is 0. The van der Waals surface area contributed by atoms with Crippen molar-refractivity contribution >= 4 is 0 Å². The second-order valence-corrected chi connectivity index (χ2v) is 10.2. The fraction of sp³-hybridized carbons (Fsp3) is 0.571. The van der Waals surface area contributed by atoms with E-state index in [4.69, 9.17) is 0 Å². The Morgan fingerprint density at radius 2 is 1.77 bits per heavy atom. The number of benzene rings is 1. The van der Waals surface area contributed by atoms with E-state index >= 15 is 0 Å². The molecule has 0 aliphatic heterocycles. The van der Waals surface area contributed by atoms with Gasteiger partial charge in [-0.1, -0.05) is 49.0 Å². The van der Waals surface area contributed by atoms with Gasteiger partial charge in [-0.15, -0.1) is 0 Å². The molecule has 1 aromatic rings. The van der Waals surface area contributed by atoms with E-state index in [9.17, 15) is 15.3 Å². The number of hydrogen-bond donors (Lipinski definition) is 3. The quantitative estimate of drug-likeness (QED) is 0.565. The molecule has 3 saturated carbocycles. The summed E-state index contributed by atoms with van der Waals surface area (Å²) in [5, 5.41) is 29.4. The zero-order valence-electron chi connectivity index (χ0n) is 18.8. The maximum atomic E-state index is 9.97. The van der Waals surface area contributed by atoms with Crippen molar-refractivity contribution in [3.05, 3.63) is 53.1 Å². The van der Waals surface area contributed by atoms with Crippen LogP contribution in [0.5, 0.6) is 5.75 Å². The number of hydrogen-bond acceptors (Lipinski definition) is 3. The highest BCUT2D eigenvalue weighted by Crippen LogP contribution is 2.59. The van der Waals surface area contributed by atoms with Gasteiger partial charge in [0, 0.05) is 11.5 Å². The molecule has 0 aromatic heterocycles. The molecule has 4 rings (SSSR count). The van der Waals surface area contributed by atoms with Gasteiger partial charge in [-0.05, 0) is 92.9 Å². The van der Waals surface area contributed by atoms with Gasteiger partial charge in [0.05, 0.1) is 12.2 Å². The first-order valence-corrected chi connectivity index (χ1v) is 11.9. The van der Waals surface area contributed by atoms with Crippen LogP contribution in [0, 0.1) is 35.0 Å². The first-order valence-electron chi connectivity index (χ1n) is 11.9. The monoisotopic (exact) mass is 420 g/mol. The van der Waals surface area contributed by atoms with Crippen LogP contribution in [0.2, 0.25) is 0 Å². The standard InChI is InChI=1S/C28H36O3/c1-19(5-6-20-8-11-23(29)12-9-20)26-13-14-27-22(4-3-15-28(26,27)2)10-7-21-16-24(30)18-25(31)17-21/h7-12,19,24-27,29-31H,3-4,13-18H2,1-2H3/b22-10+/t19-,24-,25-,26-,27+,28-/m1/s1. The number of aliphatic hydroxyl groups excluding tert-OH is 2. The Hall–Kier alpha value is -2.02. The van der Waals surface area contributed by atoms with Gasteiger partial charge in [-0.3, -0.25) is 0 Å². The molecule has 166 valence electrons. The van der Waals surface area contributed by atoms with Crippen LogP contribution in [-0.2, 0) is 0 Å². The van der Waals surface area contributed by atoms with Crippen molar-refractivity contribution in [2.75, 3.05) is 0 Å². The molecule has 3 heteroatoms. The molecule has 3 N–H and O–H groups in total. The van der Waals surface area contributed by atoms with E-state index in [1.807, 2.05) is 12.1 Å². The summed E-state index contributed by atoms with van der Waals surface area (Å²) in [6.07, 6.45) is 11.7. The molecule has 6 atom stereocenters. The molecule has 3 fully saturated rings. The fourth-order valence-corrected chi connectivity index (χ4v) is 6.47. The average Bonchev–Trinajstić information content (AvgIpc) is 3.08. The third kappa shape index (κ3) is 4.92. The summed E-state index contributed by atoms with van der Waals surface area (Å²) in [5.74, 6) is 8.64. The molecule has 1 aromatic carbocycles. The number of aliphatic hydroxyl groups is 2. The van der Waals surface area contributed by atoms with Crippen LogP contribution >= 0.6 is 0 Å². The Labute approximate surface area is 186 Å². The molecule has 0 unspecified atom stereocenters. The van der Waals surface area contributed by atoms with E-state index < -0.39 is 12.2 Å². The second-order valence-electron chi connectivity index (χ2n) is 10.2. The average molecular weight is 421 g/mol. The zero-order valence-corrected chi connectivity index (χ0v) is 18.8. The maximum absolute atomic E-state index is 9.97. The summed E-state index contributed by atoms with van der Waals surface area (Å²) < 4.78 is 0. The highest BCUT2D eigenvalue weighted by molar-refractivity contribution is 5.38. The van der Waals surface area contributed by atoms with Crippen LogP contribution in [0.4, 0.5) is 0 Å². The topological polar surface area (TPSA) is 60.7 Å². The number of aromatic hydroxyl groups is 1. The van der Waals surface area contributed by atoms with E-state index in [0.29, 0.717) is 37.0 Å². The molecule has 0 spiro atoms. The minimum Gasteiger partial charge on any atom is -0.508 e. The van der Waals surface area contributed by atoms with Gasteiger partial charge >= 0.3 is 0 Å². The van der Waals surface area contributed by atoms with Gasteiger partial charge in [-0.25, -0.2) is 0 Å². The Morgan fingerprint density at radius 1 is 1.06 bits per heavy atom. The number of allylic oxidation sites excluding steroid dienone is 3. The van der Waals surface area contributed by atoms with Crippen molar-refractivity contribution in [3.8, 4) is 17.6 Å². The van der Waals surface area contributed by atoms with E-state index in [2.05, 4.69) is 37.8 Å². The number of phenolic OH excluding ortho intramolecular Hbond substituents is 1. The molecule has 3 aliphatic carbocycles. The van der Waals surface area contributed by atoms with Crippen LogP contribution in [0.3, 0.4) is 0 Å². The Morgan fingerprint density at radius 3 is 2.48 bits per heavy atom. The molecule has 0 heterocycles. The predicted octanol–water partition coefficient (Wildman–Crippen LogP) is 5.35. The Balaban J connectivity index is 1.49. The summed E-state index contributed by atoms with van der Waals surface area (Å²) in [7, 11) is 0. The van der Waals surface area contributed by atoms with Crippen LogP contribution in [0.1, 0.15) is 70.8 Å². The highest BCUT2D eigenvalue weighted by Gasteiger charge is 2.50. The van der Waals surface area contributed by atoms with Crippen molar-refractivity contribution in [1.82, 2.24) is 0 Å². The SMILES string of the molecule is C[C@H](C#Cc1ccc(O)cc1)[C@H]1CC[C@H]2/C(=C/C=C3C[C@@H](O)C[C@H](O)C3)CCC[C@]12C. The number of fused-ring (bicyclic) bond motifs is 1. The van der Waals surface area contributed by atoms with Crippen LogP contribution in [-0.4, -0.2) is 27.5 Å². The van der Waals surface area contributed by atoms with Crippen molar-refractivity contribution in [1.29, 1.82) is 0 Å². The van der Waals surface area contributed by atoms with Crippen molar-refractivity contribution in [2.24, 2.45) is 23.2 Å². The van der Waals surface area contributed by atoms with Gasteiger partial charge in [0.2, 0.25) is 0 Å². The van der Waals surface area contributed by atoms with E-state index in [1.165, 1.54) is 31.3 Å². The Bertz CT molecular complexity index is 888. The smallest absolute Gasteiger partial charge is 0.115 e. The fourth-order valence-electron chi connectivity index (χ4n) is 6.47. The van der Waals surface area contributed by atoms with E-state index in [-0.39, 0.29) is 11.2 Å². The molecule has 3 nitrogen and oxygen atoms in total. The second kappa shape index (κ2) is 9.23. The third-order valence-electron chi connectivity index (χ3n) is 8.03. The Kier molecular flexibility index (Phi) is 6.60. The van der Waals surface area contributed by atoms with Gasteiger partial charge in [0.1, 0.15) is 5.75 Å². The molecule has 3 aliphatic rings. The molecular formula is C28H36O3. The molecule has 0 saturated heterocycles. The highest BCUT2D eigenvalue weighted by atomic mass is 16.3. The van der Waals surface area contributed by atoms with E-state index in [0.717, 1.165) is 12.0 Å².